The highest BCUT2D eigenvalue weighted by molar-refractivity contribution is 7.88. The summed E-state index contributed by atoms with van der Waals surface area (Å²) >= 11 is 11.7. The third-order valence-corrected chi connectivity index (χ3v) is 5.31. The van der Waals surface area contributed by atoms with Gasteiger partial charge in [-0.05, 0) is 35.4 Å². The Labute approximate surface area is 144 Å². The van der Waals surface area contributed by atoms with Crippen LogP contribution >= 0.6 is 23.2 Å². The summed E-state index contributed by atoms with van der Waals surface area (Å²) in [6.45, 7) is 0.349. The van der Waals surface area contributed by atoms with Crippen LogP contribution in [0.3, 0.4) is 0 Å². The van der Waals surface area contributed by atoms with Crippen LogP contribution in [-0.4, -0.2) is 15.2 Å². The van der Waals surface area contributed by atoms with Gasteiger partial charge in [0.05, 0.1) is 15.8 Å². The van der Waals surface area contributed by atoms with E-state index < -0.39 is 10.0 Å². The number of benzene rings is 2. The standard InChI is InChI=1S/C15H13Cl2NO4S/c16-12-3-1-11(5-13(12)17)8-23(19,20)18-7-10-2-4-14-15(6-10)22-9-21-14/h1-6,18H,7-9H2. The molecule has 1 N–H and O–H groups in total. The number of nitrogens with one attached hydrogen (secondary N) is 1. The van der Waals surface area contributed by atoms with Crippen LogP contribution in [0.2, 0.25) is 10.0 Å². The smallest absolute Gasteiger partial charge is 0.231 e. The number of rotatable bonds is 5. The lowest BCUT2D eigenvalue weighted by atomic mass is 10.2. The average molecular weight is 374 g/mol. The second-order valence-corrected chi connectivity index (χ2v) is 7.64. The van der Waals surface area contributed by atoms with Crippen LogP contribution in [0.1, 0.15) is 11.1 Å². The summed E-state index contributed by atoms with van der Waals surface area (Å²) in [6, 6.07) is 10.1. The van der Waals surface area contributed by atoms with E-state index >= 15 is 0 Å². The molecule has 8 heteroatoms. The zero-order valence-electron chi connectivity index (χ0n) is 11.9. The summed E-state index contributed by atoms with van der Waals surface area (Å²) in [6.07, 6.45) is 0. The van der Waals surface area contributed by atoms with Gasteiger partial charge in [0, 0.05) is 6.54 Å². The van der Waals surface area contributed by atoms with Gasteiger partial charge in [-0.3, -0.25) is 0 Å². The van der Waals surface area contributed by atoms with E-state index in [0.29, 0.717) is 27.1 Å². The zero-order chi connectivity index (χ0) is 16.4. The predicted octanol–water partition coefficient (Wildman–Crippen LogP) is 3.34. The Kier molecular flexibility index (Phi) is 4.68. The minimum atomic E-state index is -3.50. The summed E-state index contributed by atoms with van der Waals surface area (Å²) in [5.41, 5.74) is 1.35. The number of halogens is 2. The van der Waals surface area contributed by atoms with Crippen LogP contribution in [-0.2, 0) is 22.3 Å². The highest BCUT2D eigenvalue weighted by Crippen LogP contribution is 2.32. The summed E-state index contributed by atoms with van der Waals surface area (Å²) in [7, 11) is -3.50. The molecule has 2 aromatic carbocycles. The van der Waals surface area contributed by atoms with Gasteiger partial charge in [0.15, 0.2) is 11.5 Å². The fourth-order valence-electron chi connectivity index (χ4n) is 2.14. The monoisotopic (exact) mass is 373 g/mol. The normalized spacial score (nSPS) is 13.3. The van der Waals surface area contributed by atoms with Gasteiger partial charge in [0.2, 0.25) is 16.8 Å². The molecule has 3 rings (SSSR count). The molecular weight excluding hydrogens is 361 g/mol. The van der Waals surface area contributed by atoms with Crippen molar-refractivity contribution in [3.63, 3.8) is 0 Å². The molecule has 0 amide bonds. The molecule has 5 nitrogen and oxygen atoms in total. The molecule has 1 aliphatic rings. The molecule has 0 saturated heterocycles. The van der Waals surface area contributed by atoms with Gasteiger partial charge in [-0.15, -0.1) is 0 Å². The maximum absolute atomic E-state index is 12.2. The van der Waals surface area contributed by atoms with E-state index in [-0.39, 0.29) is 19.1 Å². The molecule has 0 atom stereocenters. The number of hydrogen-bond donors (Lipinski definition) is 1. The van der Waals surface area contributed by atoms with E-state index in [0.717, 1.165) is 5.56 Å². The topological polar surface area (TPSA) is 64.6 Å². The fraction of sp³-hybridized carbons (Fsp3) is 0.200. The Morgan fingerprint density at radius 2 is 1.70 bits per heavy atom. The first-order chi connectivity index (χ1) is 10.9. The minimum Gasteiger partial charge on any atom is -0.454 e. The average Bonchev–Trinajstić information content (AvgIpc) is 2.96. The van der Waals surface area contributed by atoms with Crippen molar-refractivity contribution in [3.8, 4) is 11.5 Å². The Morgan fingerprint density at radius 1 is 0.957 bits per heavy atom. The summed E-state index contributed by atoms with van der Waals surface area (Å²) < 4.78 is 37.3. The fourth-order valence-corrected chi connectivity index (χ4v) is 3.57. The Balaban J connectivity index is 1.65. The maximum Gasteiger partial charge on any atom is 0.231 e. The first-order valence-corrected chi connectivity index (χ1v) is 9.13. The second kappa shape index (κ2) is 6.57. The molecule has 23 heavy (non-hydrogen) atoms. The van der Waals surface area contributed by atoms with Crippen LogP contribution in [0.15, 0.2) is 36.4 Å². The largest absolute Gasteiger partial charge is 0.454 e. The molecule has 1 heterocycles. The van der Waals surface area contributed by atoms with E-state index in [1.165, 1.54) is 0 Å². The molecule has 0 aliphatic carbocycles. The molecule has 0 saturated carbocycles. The number of hydrogen-bond acceptors (Lipinski definition) is 4. The summed E-state index contributed by atoms with van der Waals surface area (Å²) in [4.78, 5) is 0. The highest BCUT2D eigenvalue weighted by Gasteiger charge is 2.15. The third-order valence-electron chi connectivity index (χ3n) is 3.27. The van der Waals surface area contributed by atoms with Crippen molar-refractivity contribution in [2.45, 2.75) is 12.3 Å². The second-order valence-electron chi connectivity index (χ2n) is 5.02. The molecule has 0 radical (unpaired) electrons. The number of fused-ring (bicyclic) bond motifs is 1. The van der Waals surface area contributed by atoms with Gasteiger partial charge in [-0.25, -0.2) is 13.1 Å². The van der Waals surface area contributed by atoms with Gasteiger partial charge in [0.25, 0.3) is 0 Å². The predicted molar refractivity (Wildman–Crippen MR) is 88.5 cm³/mol. The lowest BCUT2D eigenvalue weighted by Gasteiger charge is -2.08. The van der Waals surface area contributed by atoms with Gasteiger partial charge >= 0.3 is 0 Å². The van der Waals surface area contributed by atoms with Crippen LogP contribution < -0.4 is 14.2 Å². The van der Waals surface area contributed by atoms with Gasteiger partial charge in [-0.2, -0.15) is 0 Å². The van der Waals surface area contributed by atoms with E-state index in [1.54, 1.807) is 36.4 Å². The highest BCUT2D eigenvalue weighted by atomic mass is 35.5. The van der Waals surface area contributed by atoms with E-state index in [1.807, 2.05) is 0 Å². The first kappa shape index (κ1) is 16.4. The van der Waals surface area contributed by atoms with Crippen molar-refractivity contribution in [1.29, 1.82) is 0 Å². The van der Waals surface area contributed by atoms with E-state index in [2.05, 4.69) is 4.72 Å². The Morgan fingerprint density at radius 3 is 2.48 bits per heavy atom. The van der Waals surface area contributed by atoms with E-state index in [9.17, 15) is 8.42 Å². The van der Waals surface area contributed by atoms with Crippen molar-refractivity contribution >= 4 is 33.2 Å². The molecule has 0 unspecified atom stereocenters. The SMILES string of the molecule is O=S(=O)(Cc1ccc(Cl)c(Cl)c1)NCc1ccc2c(c1)OCO2. The molecule has 0 fully saturated rings. The molecule has 0 aromatic heterocycles. The van der Waals surface area contributed by atoms with Crippen molar-refractivity contribution < 1.29 is 17.9 Å². The molecule has 2 aromatic rings. The van der Waals surface area contributed by atoms with Gasteiger partial charge in [-0.1, -0.05) is 35.3 Å². The number of ether oxygens (including phenoxy) is 2. The van der Waals surface area contributed by atoms with Crippen molar-refractivity contribution in [1.82, 2.24) is 4.72 Å². The maximum atomic E-state index is 12.2. The quantitative estimate of drug-likeness (QED) is 0.872. The minimum absolute atomic E-state index is 0.167. The van der Waals surface area contributed by atoms with Crippen molar-refractivity contribution in [2.75, 3.05) is 6.79 Å². The zero-order valence-corrected chi connectivity index (χ0v) is 14.2. The lowest BCUT2D eigenvalue weighted by Crippen LogP contribution is -2.24. The van der Waals surface area contributed by atoms with Gasteiger partial charge in [0.1, 0.15) is 0 Å². The summed E-state index contributed by atoms with van der Waals surface area (Å²) in [5.74, 6) is 1.10. The van der Waals surface area contributed by atoms with Crippen LogP contribution in [0.4, 0.5) is 0 Å². The van der Waals surface area contributed by atoms with Crippen LogP contribution in [0, 0.1) is 0 Å². The molecule has 1 aliphatic heterocycles. The van der Waals surface area contributed by atoms with Gasteiger partial charge < -0.3 is 9.47 Å². The van der Waals surface area contributed by atoms with Crippen molar-refractivity contribution in [3.05, 3.63) is 57.6 Å². The third kappa shape index (κ3) is 4.09. The lowest BCUT2D eigenvalue weighted by molar-refractivity contribution is 0.174. The van der Waals surface area contributed by atoms with Crippen LogP contribution in [0.5, 0.6) is 11.5 Å². The van der Waals surface area contributed by atoms with Crippen LogP contribution in [0.25, 0.3) is 0 Å². The van der Waals surface area contributed by atoms with E-state index in [4.69, 9.17) is 32.7 Å². The molecular formula is C15H13Cl2NO4S. The number of sulfonamides is 1. The molecule has 122 valence electrons. The Bertz CT molecular complexity index is 839. The summed E-state index contributed by atoms with van der Waals surface area (Å²) in [5, 5.41) is 0.719. The first-order valence-electron chi connectivity index (χ1n) is 6.73. The Hall–Kier alpha value is -1.47. The van der Waals surface area contributed by atoms with Crippen molar-refractivity contribution in [2.24, 2.45) is 0 Å². The molecule has 0 spiro atoms. The molecule has 0 bridgehead atoms.